The summed E-state index contributed by atoms with van der Waals surface area (Å²) in [5, 5.41) is 0. The molecule has 2 aromatic rings. The number of para-hydroxylation sites is 1. The molecule has 0 fully saturated rings. The van der Waals surface area contributed by atoms with Gasteiger partial charge in [0.05, 0.1) is 6.57 Å². The van der Waals surface area contributed by atoms with E-state index in [1.54, 1.807) is 0 Å². The Morgan fingerprint density at radius 2 is 2.05 bits per heavy atom. The number of nitrogens with zero attached hydrogens (tertiary/aromatic N) is 3. The zero-order valence-corrected chi connectivity index (χ0v) is 12.7. The predicted octanol–water partition coefficient (Wildman–Crippen LogP) is 3.74. The second kappa shape index (κ2) is 5.44. The minimum atomic E-state index is 0. The van der Waals surface area contributed by atoms with Crippen LogP contribution in [0.2, 0.25) is 0 Å². The van der Waals surface area contributed by atoms with Crippen molar-refractivity contribution in [3.05, 3.63) is 66.6 Å². The minimum absolute atomic E-state index is 0. The van der Waals surface area contributed by atoms with Gasteiger partial charge in [-0.15, -0.1) is 5.69 Å². The van der Waals surface area contributed by atoms with Crippen LogP contribution in [0.5, 0.6) is 0 Å². The van der Waals surface area contributed by atoms with Gasteiger partial charge in [0.1, 0.15) is 0 Å². The van der Waals surface area contributed by atoms with E-state index in [1.807, 2.05) is 61.1 Å². The molecule has 0 atom stereocenters. The van der Waals surface area contributed by atoms with Crippen molar-refractivity contribution in [3.8, 4) is 0 Å². The Morgan fingerprint density at radius 1 is 1.21 bits per heavy atom. The van der Waals surface area contributed by atoms with Crippen molar-refractivity contribution in [2.75, 3.05) is 16.8 Å². The van der Waals surface area contributed by atoms with Crippen LogP contribution in [0.4, 0.5) is 22.7 Å². The van der Waals surface area contributed by atoms with Crippen LogP contribution in [0.3, 0.4) is 0 Å². The van der Waals surface area contributed by atoms with Crippen LogP contribution in [0, 0.1) is 19.3 Å². The largest absolute Gasteiger partial charge is 0.505 e. The van der Waals surface area contributed by atoms with Crippen molar-refractivity contribution in [3.63, 3.8) is 0 Å². The third kappa shape index (κ3) is 2.35. The van der Waals surface area contributed by atoms with Gasteiger partial charge < -0.3 is 9.80 Å². The molecule has 1 radical (unpaired) electrons. The molecule has 0 spiro atoms. The van der Waals surface area contributed by atoms with Gasteiger partial charge in [-0.05, 0) is 19.2 Å². The molecule has 0 amide bonds. The SMILES string of the molecule is [C-]#[N+]c1ccc2c(c1)N(C)[CH-]N2c1[c-]cccc1.[Ir]. The molecule has 0 saturated carbocycles. The summed E-state index contributed by atoms with van der Waals surface area (Å²) in [5.74, 6) is 0. The molecule has 0 saturated heterocycles. The van der Waals surface area contributed by atoms with Gasteiger partial charge >= 0.3 is 0 Å². The van der Waals surface area contributed by atoms with Crippen molar-refractivity contribution in [1.29, 1.82) is 0 Å². The topological polar surface area (TPSA) is 10.8 Å². The Hall–Kier alpha value is -1.82. The van der Waals surface area contributed by atoms with Crippen LogP contribution in [0.15, 0.2) is 42.5 Å². The molecule has 0 bridgehead atoms. The first-order chi connectivity index (χ1) is 8.79. The molecule has 97 valence electrons. The summed E-state index contributed by atoms with van der Waals surface area (Å²) in [6.07, 6.45) is 0. The summed E-state index contributed by atoms with van der Waals surface area (Å²) >= 11 is 0. The molecular formula is C15H11IrN3-2. The Bertz CT molecular complexity index is 619. The van der Waals surface area contributed by atoms with Crippen molar-refractivity contribution < 1.29 is 20.1 Å². The van der Waals surface area contributed by atoms with Crippen molar-refractivity contribution in [2.45, 2.75) is 0 Å². The molecule has 4 heteroatoms. The number of fused-ring (bicyclic) bond motifs is 1. The molecule has 0 N–H and O–H groups in total. The summed E-state index contributed by atoms with van der Waals surface area (Å²) in [6.45, 7) is 9.07. The van der Waals surface area contributed by atoms with Crippen molar-refractivity contribution in [2.24, 2.45) is 0 Å². The van der Waals surface area contributed by atoms with Crippen LogP contribution < -0.4 is 9.80 Å². The van der Waals surface area contributed by atoms with Crippen LogP contribution in [0.25, 0.3) is 4.85 Å². The average molecular weight is 425 g/mol. The van der Waals surface area contributed by atoms with Gasteiger partial charge in [-0.3, -0.25) is 0 Å². The maximum atomic E-state index is 7.06. The quantitative estimate of drug-likeness (QED) is 0.645. The molecule has 1 aliphatic heterocycles. The smallest absolute Gasteiger partial charge is 0.189 e. The molecule has 0 unspecified atom stereocenters. The summed E-state index contributed by atoms with van der Waals surface area (Å²) in [4.78, 5) is 7.55. The van der Waals surface area contributed by atoms with Gasteiger partial charge in [0.15, 0.2) is 5.69 Å². The fraction of sp³-hybridized carbons (Fsp3) is 0.0667. The van der Waals surface area contributed by atoms with E-state index in [-0.39, 0.29) is 20.1 Å². The fourth-order valence-corrected chi connectivity index (χ4v) is 2.09. The zero-order chi connectivity index (χ0) is 12.5. The Morgan fingerprint density at radius 3 is 2.74 bits per heavy atom. The molecule has 1 heterocycles. The van der Waals surface area contributed by atoms with E-state index in [0.29, 0.717) is 5.69 Å². The number of hydrogen-bond donors (Lipinski definition) is 0. The zero-order valence-electron chi connectivity index (χ0n) is 10.3. The normalized spacial score (nSPS) is 12.6. The number of rotatable bonds is 1. The molecule has 3 rings (SSSR count). The molecule has 0 aliphatic carbocycles. The summed E-state index contributed by atoms with van der Waals surface area (Å²) in [7, 11) is 1.98. The second-order valence-electron chi connectivity index (χ2n) is 4.13. The molecule has 19 heavy (non-hydrogen) atoms. The minimum Gasteiger partial charge on any atom is -0.505 e. The second-order valence-corrected chi connectivity index (χ2v) is 4.13. The number of anilines is 3. The van der Waals surface area contributed by atoms with E-state index in [2.05, 4.69) is 15.8 Å². The van der Waals surface area contributed by atoms with Crippen molar-refractivity contribution >= 4 is 22.7 Å². The number of hydrogen-bond acceptors (Lipinski definition) is 2. The molecule has 1 aliphatic rings. The predicted molar refractivity (Wildman–Crippen MR) is 72.8 cm³/mol. The van der Waals surface area contributed by atoms with Crippen LogP contribution in [-0.2, 0) is 20.1 Å². The van der Waals surface area contributed by atoms with Gasteiger partial charge in [-0.2, -0.15) is 37.0 Å². The van der Waals surface area contributed by atoms with E-state index in [9.17, 15) is 0 Å². The fourth-order valence-electron chi connectivity index (χ4n) is 2.09. The molecule has 2 aromatic carbocycles. The Balaban J connectivity index is 0.00000133. The first-order valence-corrected chi connectivity index (χ1v) is 5.65. The van der Waals surface area contributed by atoms with E-state index in [0.717, 1.165) is 17.1 Å². The summed E-state index contributed by atoms with van der Waals surface area (Å²) in [6, 6.07) is 16.8. The van der Waals surface area contributed by atoms with Gasteiger partial charge in [0.2, 0.25) is 0 Å². The van der Waals surface area contributed by atoms with E-state index in [1.165, 1.54) is 0 Å². The summed E-state index contributed by atoms with van der Waals surface area (Å²) < 4.78 is 0. The van der Waals surface area contributed by atoms with E-state index in [4.69, 9.17) is 6.57 Å². The number of benzene rings is 2. The third-order valence-electron chi connectivity index (χ3n) is 2.97. The van der Waals surface area contributed by atoms with E-state index >= 15 is 0 Å². The monoisotopic (exact) mass is 426 g/mol. The first-order valence-electron chi connectivity index (χ1n) is 5.65. The van der Waals surface area contributed by atoms with Crippen LogP contribution in [-0.4, -0.2) is 7.05 Å². The van der Waals surface area contributed by atoms with Crippen LogP contribution in [0.1, 0.15) is 0 Å². The molecule has 3 nitrogen and oxygen atoms in total. The van der Waals surface area contributed by atoms with Crippen LogP contribution >= 0.6 is 0 Å². The Kier molecular flexibility index (Phi) is 3.90. The van der Waals surface area contributed by atoms with Gasteiger partial charge in [0, 0.05) is 31.5 Å². The van der Waals surface area contributed by atoms with Gasteiger partial charge in [-0.1, -0.05) is 6.07 Å². The standard InChI is InChI=1S/C15H11N3.Ir/c1-16-12-8-9-14-15(10-12)17(2)11-18(14)13-6-4-3-5-7-13;/h3-6,8-11H,2H3;/q-2;. The summed E-state index contributed by atoms with van der Waals surface area (Å²) in [5.41, 5.74) is 3.78. The molecular weight excluding hydrogens is 414 g/mol. The Labute approximate surface area is 126 Å². The first kappa shape index (κ1) is 13.6. The van der Waals surface area contributed by atoms with Gasteiger partial charge in [-0.25, -0.2) is 4.85 Å². The average Bonchev–Trinajstić information content (AvgIpc) is 2.77. The maximum Gasteiger partial charge on any atom is 0.189 e. The third-order valence-corrected chi connectivity index (χ3v) is 2.97. The maximum absolute atomic E-state index is 7.06. The van der Waals surface area contributed by atoms with Crippen molar-refractivity contribution in [1.82, 2.24) is 0 Å². The molecule has 0 aromatic heterocycles. The van der Waals surface area contributed by atoms with Gasteiger partial charge in [0.25, 0.3) is 0 Å². The van der Waals surface area contributed by atoms with E-state index < -0.39 is 0 Å².